The lowest BCUT2D eigenvalue weighted by molar-refractivity contribution is -0.225. The second-order valence-corrected chi connectivity index (χ2v) is 4.02. The molecule has 2 heterocycles. The molecule has 1 atom stereocenters. The molecule has 1 aliphatic rings. The number of aliphatic imine (C=N–C) groups is 1. The molecular formula is C10H10F3N3O3. The first-order chi connectivity index (χ1) is 8.86. The molecule has 0 radical (unpaired) electrons. The molecule has 0 fully saturated rings. The summed E-state index contributed by atoms with van der Waals surface area (Å²) in [5, 5.41) is 4.42. The molecule has 0 saturated carbocycles. The predicted octanol–water partition coefficient (Wildman–Crippen LogP) is 1.43. The minimum Gasteiger partial charge on any atom is -0.361 e. The Morgan fingerprint density at radius 1 is 1.58 bits per heavy atom. The van der Waals surface area contributed by atoms with Crippen molar-refractivity contribution in [2.24, 2.45) is 4.99 Å². The average Bonchev–Trinajstić information content (AvgIpc) is 2.75. The topological polar surface area (TPSA) is 67.9 Å². The third kappa shape index (κ3) is 3.24. The van der Waals surface area contributed by atoms with Crippen molar-refractivity contribution < 1.29 is 27.3 Å². The molecule has 1 aliphatic heterocycles. The van der Waals surface area contributed by atoms with Gasteiger partial charge in [-0.3, -0.25) is 4.99 Å². The largest absolute Gasteiger partial charge is 0.493 e. The number of carbonyl (C=O) groups is 1. The van der Waals surface area contributed by atoms with Gasteiger partial charge >= 0.3 is 12.1 Å². The van der Waals surface area contributed by atoms with Gasteiger partial charge < -0.3 is 9.36 Å². The van der Waals surface area contributed by atoms with Gasteiger partial charge in [-0.1, -0.05) is 5.16 Å². The van der Waals surface area contributed by atoms with Crippen LogP contribution in [0.15, 0.2) is 15.6 Å². The summed E-state index contributed by atoms with van der Waals surface area (Å²) in [6.45, 7) is 2.08. The van der Waals surface area contributed by atoms with E-state index in [0.29, 0.717) is 18.0 Å². The van der Waals surface area contributed by atoms with Crippen LogP contribution in [0.1, 0.15) is 17.4 Å². The van der Waals surface area contributed by atoms with E-state index >= 15 is 0 Å². The Kier molecular flexibility index (Phi) is 3.45. The van der Waals surface area contributed by atoms with Gasteiger partial charge in [0.25, 0.3) is 0 Å². The zero-order valence-electron chi connectivity index (χ0n) is 9.85. The summed E-state index contributed by atoms with van der Waals surface area (Å²) < 4.78 is 41.2. The maximum absolute atomic E-state index is 12.1. The molecule has 0 bridgehead atoms. The molecule has 0 N–H and O–H groups in total. The van der Waals surface area contributed by atoms with E-state index in [2.05, 4.69) is 15.0 Å². The molecule has 6 nitrogen and oxygen atoms in total. The van der Waals surface area contributed by atoms with Crippen LogP contribution in [0.2, 0.25) is 0 Å². The van der Waals surface area contributed by atoms with Gasteiger partial charge in [-0.15, -0.1) is 0 Å². The summed E-state index contributed by atoms with van der Waals surface area (Å²) in [6, 6.07) is 1.66. The van der Waals surface area contributed by atoms with E-state index in [4.69, 9.17) is 4.52 Å². The molecule has 0 saturated heterocycles. The van der Waals surface area contributed by atoms with E-state index in [-0.39, 0.29) is 12.5 Å². The fourth-order valence-corrected chi connectivity index (χ4v) is 1.56. The van der Waals surface area contributed by atoms with E-state index < -0.39 is 12.1 Å². The fraction of sp³-hybridized carbons (Fsp3) is 0.500. The number of carbonyl (C=O) groups excluding carboxylic acids is 1. The van der Waals surface area contributed by atoms with Gasteiger partial charge in [0.2, 0.25) is 0 Å². The number of hydrogen-bond donors (Lipinski definition) is 0. The minimum absolute atomic E-state index is 0.0277. The molecule has 0 amide bonds. The number of hydroxylamine groups is 2. The van der Waals surface area contributed by atoms with Crippen LogP contribution in [0.5, 0.6) is 0 Å². The highest BCUT2D eigenvalue weighted by Gasteiger charge is 2.43. The van der Waals surface area contributed by atoms with E-state index in [9.17, 15) is 18.0 Å². The summed E-state index contributed by atoms with van der Waals surface area (Å²) in [5.74, 6) is -2.11. The van der Waals surface area contributed by atoms with Gasteiger partial charge in [0.05, 0.1) is 24.7 Å². The molecular weight excluding hydrogens is 267 g/mol. The summed E-state index contributed by atoms with van der Waals surface area (Å²) >= 11 is 0. The van der Waals surface area contributed by atoms with E-state index in [0.717, 1.165) is 11.4 Å². The number of halogens is 3. The lowest BCUT2D eigenvalue weighted by Crippen LogP contribution is -2.38. The van der Waals surface area contributed by atoms with Gasteiger partial charge in [0, 0.05) is 6.07 Å². The van der Waals surface area contributed by atoms with Gasteiger partial charge in [0.1, 0.15) is 12.1 Å². The van der Waals surface area contributed by atoms with Crippen molar-refractivity contribution in [1.82, 2.24) is 10.2 Å². The highest BCUT2D eigenvalue weighted by molar-refractivity contribution is 5.76. The molecule has 1 unspecified atom stereocenters. The van der Waals surface area contributed by atoms with Crippen molar-refractivity contribution in [3.8, 4) is 0 Å². The molecule has 19 heavy (non-hydrogen) atoms. The monoisotopic (exact) mass is 277 g/mol. The zero-order valence-corrected chi connectivity index (χ0v) is 9.85. The molecule has 0 aliphatic carbocycles. The molecule has 1 aromatic rings. The molecule has 0 spiro atoms. The Hall–Kier alpha value is -2.06. The Balaban J connectivity index is 2.00. The first-order valence-corrected chi connectivity index (χ1v) is 5.35. The zero-order chi connectivity index (χ0) is 14.0. The molecule has 104 valence electrons. The lowest BCUT2D eigenvalue weighted by Gasteiger charge is -2.25. The second kappa shape index (κ2) is 4.90. The highest BCUT2D eigenvalue weighted by Crippen LogP contribution is 2.23. The van der Waals surface area contributed by atoms with Crippen molar-refractivity contribution in [3.63, 3.8) is 0 Å². The molecule has 9 heteroatoms. The number of aromatic nitrogens is 1. The van der Waals surface area contributed by atoms with Crippen LogP contribution in [0.4, 0.5) is 13.2 Å². The van der Waals surface area contributed by atoms with Crippen molar-refractivity contribution in [2.45, 2.75) is 19.0 Å². The Bertz CT molecular complexity index is 498. The summed E-state index contributed by atoms with van der Waals surface area (Å²) in [6.07, 6.45) is -3.99. The highest BCUT2D eigenvalue weighted by atomic mass is 19.4. The predicted molar refractivity (Wildman–Crippen MR) is 56.2 cm³/mol. The number of aryl methyl sites for hydroxylation is 1. The first kappa shape index (κ1) is 13.4. The van der Waals surface area contributed by atoms with Crippen molar-refractivity contribution >= 4 is 12.3 Å². The minimum atomic E-state index is -5.04. The van der Waals surface area contributed by atoms with Crippen LogP contribution in [0.25, 0.3) is 0 Å². The number of rotatable bonds is 2. The van der Waals surface area contributed by atoms with Gasteiger partial charge in [0.15, 0.2) is 0 Å². The van der Waals surface area contributed by atoms with Crippen LogP contribution in [-0.4, -0.2) is 41.8 Å². The Morgan fingerprint density at radius 2 is 2.32 bits per heavy atom. The maximum atomic E-state index is 12.1. The standard InChI is InChI=1S/C10H10F3N3O3/c1-6-2-8(18-15-6)7-3-14-5-16(4-7)19-9(17)10(11,12)13/h2,5,7H,3-4H2,1H3. The first-order valence-electron chi connectivity index (χ1n) is 5.35. The molecule has 0 aromatic carbocycles. The molecule has 2 rings (SSSR count). The summed E-state index contributed by atoms with van der Waals surface area (Å²) in [4.78, 5) is 18.7. The Morgan fingerprint density at radius 3 is 2.89 bits per heavy atom. The maximum Gasteiger partial charge on any atom is 0.493 e. The fourth-order valence-electron chi connectivity index (χ4n) is 1.56. The number of alkyl halides is 3. The van der Waals surface area contributed by atoms with Crippen LogP contribution in [-0.2, 0) is 9.63 Å². The summed E-state index contributed by atoms with van der Waals surface area (Å²) in [5.41, 5.74) is 0.656. The van der Waals surface area contributed by atoms with E-state index in [1.54, 1.807) is 13.0 Å². The van der Waals surface area contributed by atoms with Crippen molar-refractivity contribution in [3.05, 3.63) is 17.5 Å². The smallest absolute Gasteiger partial charge is 0.361 e. The molecule has 1 aromatic heterocycles. The van der Waals surface area contributed by atoms with E-state index in [1.165, 1.54) is 0 Å². The van der Waals surface area contributed by atoms with Crippen LogP contribution in [0.3, 0.4) is 0 Å². The number of hydrogen-bond acceptors (Lipinski definition) is 6. The lowest BCUT2D eigenvalue weighted by atomic mass is 10.1. The Labute approximate surface area is 105 Å². The van der Waals surface area contributed by atoms with Gasteiger partial charge in [-0.2, -0.15) is 18.2 Å². The van der Waals surface area contributed by atoms with Crippen LogP contribution < -0.4 is 0 Å². The van der Waals surface area contributed by atoms with Crippen molar-refractivity contribution in [2.75, 3.05) is 13.1 Å². The normalized spacial score (nSPS) is 19.6. The summed E-state index contributed by atoms with van der Waals surface area (Å²) in [7, 11) is 0. The van der Waals surface area contributed by atoms with Gasteiger partial charge in [-0.25, -0.2) is 4.79 Å². The quantitative estimate of drug-likeness (QED) is 0.818. The number of nitrogens with zero attached hydrogens (tertiary/aromatic N) is 3. The van der Waals surface area contributed by atoms with Crippen LogP contribution >= 0.6 is 0 Å². The third-order valence-electron chi connectivity index (χ3n) is 2.42. The average molecular weight is 277 g/mol. The van der Waals surface area contributed by atoms with Gasteiger partial charge in [-0.05, 0) is 6.92 Å². The van der Waals surface area contributed by atoms with Crippen LogP contribution in [0, 0.1) is 6.92 Å². The van der Waals surface area contributed by atoms with E-state index in [1.807, 2.05) is 0 Å². The third-order valence-corrected chi connectivity index (χ3v) is 2.42. The van der Waals surface area contributed by atoms with Crippen molar-refractivity contribution in [1.29, 1.82) is 0 Å². The SMILES string of the molecule is Cc1cc(C2CN=CN(OC(=O)C(F)(F)F)C2)on1. The second-order valence-electron chi connectivity index (χ2n) is 4.02.